The molecule has 0 aromatic heterocycles. The summed E-state index contributed by atoms with van der Waals surface area (Å²) >= 11 is 0. The molecule has 1 atom stereocenters. The van der Waals surface area contributed by atoms with E-state index in [0.29, 0.717) is 12.4 Å². The lowest BCUT2D eigenvalue weighted by Gasteiger charge is -2.23. The van der Waals surface area contributed by atoms with Crippen LogP contribution in [0.5, 0.6) is 0 Å². The van der Waals surface area contributed by atoms with Gasteiger partial charge in [0.25, 0.3) is 0 Å². The summed E-state index contributed by atoms with van der Waals surface area (Å²) in [5.41, 5.74) is 6.82. The molecule has 1 heterocycles. The Morgan fingerprint density at radius 3 is 2.80 bits per heavy atom. The zero-order valence-electron chi connectivity index (χ0n) is 11.6. The highest BCUT2D eigenvalue weighted by molar-refractivity contribution is 6.05. The minimum absolute atomic E-state index is 0.0938. The Labute approximate surface area is 119 Å². The van der Waals surface area contributed by atoms with Gasteiger partial charge in [0.05, 0.1) is 5.69 Å². The number of benzene rings is 1. The van der Waals surface area contributed by atoms with Crippen LogP contribution >= 0.6 is 0 Å². The largest absolute Gasteiger partial charge is 0.385 e. The van der Waals surface area contributed by atoms with Gasteiger partial charge >= 0.3 is 0 Å². The van der Waals surface area contributed by atoms with Crippen molar-refractivity contribution in [3.63, 3.8) is 0 Å². The van der Waals surface area contributed by atoms with E-state index in [0.717, 1.165) is 18.5 Å². The van der Waals surface area contributed by atoms with Crippen molar-refractivity contribution in [2.24, 2.45) is 16.8 Å². The lowest BCUT2D eigenvalue weighted by Crippen LogP contribution is -2.41. The van der Waals surface area contributed by atoms with Crippen LogP contribution in [0.15, 0.2) is 47.7 Å². The van der Waals surface area contributed by atoms with Crippen molar-refractivity contribution in [3.8, 4) is 0 Å². The van der Waals surface area contributed by atoms with E-state index in [4.69, 9.17) is 5.73 Å². The molecule has 0 saturated carbocycles. The smallest absolute Gasteiger partial charge is 0.234 e. The molecule has 5 heteroatoms. The zero-order valence-corrected chi connectivity index (χ0v) is 11.6. The van der Waals surface area contributed by atoms with Crippen LogP contribution in [0.2, 0.25) is 0 Å². The predicted octanol–water partition coefficient (Wildman–Crippen LogP) is 1.82. The first kappa shape index (κ1) is 14.1. The van der Waals surface area contributed by atoms with Gasteiger partial charge in [-0.1, -0.05) is 31.5 Å². The van der Waals surface area contributed by atoms with Gasteiger partial charge in [0.1, 0.15) is 11.8 Å². The van der Waals surface area contributed by atoms with E-state index in [1.54, 1.807) is 17.3 Å². The Bertz CT molecular complexity index is 510. The molecule has 3 N–H and O–H groups in total. The molecule has 1 aliphatic heterocycles. The van der Waals surface area contributed by atoms with Crippen LogP contribution in [-0.2, 0) is 4.79 Å². The minimum Gasteiger partial charge on any atom is -0.385 e. The second kappa shape index (κ2) is 6.75. The third-order valence-corrected chi connectivity index (χ3v) is 3.09. The molecule has 20 heavy (non-hydrogen) atoms. The van der Waals surface area contributed by atoms with E-state index in [-0.39, 0.29) is 5.91 Å². The quantitative estimate of drug-likeness (QED) is 0.803. The SMILES string of the molecule is CCCCNC(=O)C1C=CN(c2ccccc2)N=C1N. The first-order valence-corrected chi connectivity index (χ1v) is 6.86. The third kappa shape index (κ3) is 3.38. The monoisotopic (exact) mass is 272 g/mol. The van der Waals surface area contributed by atoms with Gasteiger partial charge in [-0.25, -0.2) is 5.01 Å². The lowest BCUT2D eigenvalue weighted by atomic mass is 10.1. The Kier molecular flexibility index (Phi) is 4.76. The van der Waals surface area contributed by atoms with E-state index in [9.17, 15) is 4.79 Å². The molecule has 0 saturated heterocycles. The first-order chi connectivity index (χ1) is 9.72. The van der Waals surface area contributed by atoms with Gasteiger partial charge in [-0.3, -0.25) is 4.79 Å². The van der Waals surface area contributed by atoms with Crippen LogP contribution in [0.4, 0.5) is 5.69 Å². The first-order valence-electron chi connectivity index (χ1n) is 6.86. The topological polar surface area (TPSA) is 70.7 Å². The van der Waals surface area contributed by atoms with Crippen molar-refractivity contribution in [3.05, 3.63) is 42.6 Å². The summed E-state index contributed by atoms with van der Waals surface area (Å²) in [4.78, 5) is 12.0. The van der Waals surface area contributed by atoms with E-state index >= 15 is 0 Å². The van der Waals surface area contributed by atoms with E-state index < -0.39 is 5.92 Å². The van der Waals surface area contributed by atoms with Crippen LogP contribution in [-0.4, -0.2) is 18.3 Å². The number of rotatable bonds is 5. The number of carbonyl (C=O) groups excluding carboxylic acids is 1. The van der Waals surface area contributed by atoms with Gasteiger partial charge in [0.2, 0.25) is 5.91 Å². The number of amidine groups is 1. The van der Waals surface area contributed by atoms with Crippen molar-refractivity contribution in [2.45, 2.75) is 19.8 Å². The number of hydrogen-bond donors (Lipinski definition) is 2. The normalized spacial score (nSPS) is 17.8. The van der Waals surface area contributed by atoms with Crippen LogP contribution in [0.3, 0.4) is 0 Å². The molecule has 0 radical (unpaired) electrons. The number of carbonyl (C=O) groups is 1. The summed E-state index contributed by atoms with van der Waals surface area (Å²) in [5, 5.41) is 8.80. The van der Waals surface area contributed by atoms with E-state index in [1.165, 1.54) is 0 Å². The van der Waals surface area contributed by atoms with Crippen molar-refractivity contribution >= 4 is 17.4 Å². The number of nitrogens with one attached hydrogen (secondary N) is 1. The van der Waals surface area contributed by atoms with Gasteiger partial charge < -0.3 is 11.1 Å². The summed E-state index contributed by atoms with van der Waals surface area (Å²) in [6.07, 6.45) is 5.56. The lowest BCUT2D eigenvalue weighted by molar-refractivity contribution is -0.121. The molecule has 2 rings (SSSR count). The fourth-order valence-corrected chi connectivity index (χ4v) is 1.93. The van der Waals surface area contributed by atoms with Crippen molar-refractivity contribution in [1.82, 2.24) is 5.32 Å². The Morgan fingerprint density at radius 2 is 2.15 bits per heavy atom. The molecule has 1 amide bonds. The number of unbranched alkanes of at least 4 members (excludes halogenated alkanes) is 1. The molecule has 1 aromatic rings. The second-order valence-electron chi connectivity index (χ2n) is 4.67. The molecule has 0 bridgehead atoms. The van der Waals surface area contributed by atoms with E-state index in [2.05, 4.69) is 17.3 Å². The molecule has 0 spiro atoms. The maximum atomic E-state index is 12.0. The molecule has 1 aliphatic rings. The van der Waals surface area contributed by atoms with Crippen molar-refractivity contribution in [2.75, 3.05) is 11.6 Å². The van der Waals surface area contributed by atoms with Gasteiger partial charge in [-0.15, -0.1) is 0 Å². The van der Waals surface area contributed by atoms with Gasteiger partial charge in [0, 0.05) is 12.7 Å². The average Bonchev–Trinajstić information content (AvgIpc) is 2.48. The van der Waals surface area contributed by atoms with Crippen LogP contribution in [0.25, 0.3) is 0 Å². The summed E-state index contributed by atoms with van der Waals surface area (Å²) in [7, 11) is 0. The number of para-hydroxylation sites is 1. The number of hydrogen-bond acceptors (Lipinski definition) is 4. The predicted molar refractivity (Wildman–Crippen MR) is 81.1 cm³/mol. The number of amides is 1. The summed E-state index contributed by atoms with van der Waals surface area (Å²) in [5.74, 6) is -0.263. The van der Waals surface area contributed by atoms with Crippen LogP contribution in [0.1, 0.15) is 19.8 Å². The second-order valence-corrected chi connectivity index (χ2v) is 4.67. The zero-order chi connectivity index (χ0) is 14.4. The molecular formula is C15H20N4O. The molecular weight excluding hydrogens is 252 g/mol. The molecule has 106 valence electrons. The maximum absolute atomic E-state index is 12.0. The number of nitrogens with two attached hydrogens (primary N) is 1. The number of nitrogens with zero attached hydrogens (tertiary/aromatic N) is 2. The fourth-order valence-electron chi connectivity index (χ4n) is 1.93. The Morgan fingerprint density at radius 1 is 1.40 bits per heavy atom. The highest BCUT2D eigenvalue weighted by Crippen LogP contribution is 2.18. The van der Waals surface area contributed by atoms with Crippen molar-refractivity contribution < 1.29 is 4.79 Å². The van der Waals surface area contributed by atoms with Gasteiger partial charge in [0.15, 0.2) is 0 Å². The van der Waals surface area contributed by atoms with Crippen LogP contribution < -0.4 is 16.1 Å². The van der Waals surface area contributed by atoms with Crippen molar-refractivity contribution in [1.29, 1.82) is 0 Å². The summed E-state index contributed by atoms with van der Waals surface area (Å²) in [6, 6.07) is 9.66. The summed E-state index contributed by atoms with van der Waals surface area (Å²) < 4.78 is 0. The molecule has 0 aliphatic carbocycles. The van der Waals surface area contributed by atoms with Crippen LogP contribution in [0, 0.1) is 5.92 Å². The molecule has 0 fully saturated rings. The number of anilines is 1. The summed E-state index contributed by atoms with van der Waals surface area (Å²) in [6.45, 7) is 2.76. The standard InChI is InChI=1S/C15H20N4O/c1-2-3-10-17-15(20)13-9-11-19(18-14(13)16)12-7-5-4-6-8-12/h4-9,11,13H,2-3,10H2,1H3,(H2,16,18)(H,17,20). The van der Waals surface area contributed by atoms with Gasteiger partial charge in [-0.05, 0) is 24.6 Å². The molecule has 1 unspecified atom stereocenters. The molecule has 1 aromatic carbocycles. The fraction of sp³-hybridized carbons (Fsp3) is 0.333. The maximum Gasteiger partial charge on any atom is 0.234 e. The molecule has 5 nitrogen and oxygen atoms in total. The van der Waals surface area contributed by atoms with E-state index in [1.807, 2.05) is 30.3 Å². The third-order valence-electron chi connectivity index (χ3n) is 3.09. The highest BCUT2D eigenvalue weighted by Gasteiger charge is 2.23. The average molecular weight is 272 g/mol. The minimum atomic E-state index is -0.480. The number of hydrazone groups is 1. The van der Waals surface area contributed by atoms with Gasteiger partial charge in [-0.2, -0.15) is 5.10 Å². The Balaban J connectivity index is 2.01. The highest BCUT2D eigenvalue weighted by atomic mass is 16.1. The Hall–Kier alpha value is -2.30.